The van der Waals surface area contributed by atoms with E-state index in [0.29, 0.717) is 5.02 Å². The maximum Gasteiger partial charge on any atom is 0.307 e. The topological polar surface area (TPSA) is 92.0 Å². The van der Waals surface area contributed by atoms with Gasteiger partial charge in [0.1, 0.15) is 0 Å². The minimum absolute atomic E-state index is 0.103. The number of carbonyl (C=O) groups is 3. The largest absolute Gasteiger partial charge is 0.459 e. The van der Waals surface area contributed by atoms with Gasteiger partial charge in [-0.3, -0.25) is 14.4 Å². The molecule has 39 heavy (non-hydrogen) atoms. The Hall–Kier alpha value is -4.20. The Bertz CT molecular complexity index is 1670. The summed E-state index contributed by atoms with van der Waals surface area (Å²) in [5.74, 6) is -2.97. The SMILES string of the molecule is O=C(N/N=C\C12c3ccccc3C(c3ccccc31)[C@H]1C(=O)N(c3ccc(Cl)cc3Cl)C(=O)[C@@H]12)c1ccco1. The number of anilines is 1. The second-order valence-electron chi connectivity index (χ2n) is 9.81. The first-order valence-electron chi connectivity index (χ1n) is 12.3. The predicted octanol–water partition coefficient (Wildman–Crippen LogP) is 5.55. The molecule has 0 saturated carbocycles. The summed E-state index contributed by atoms with van der Waals surface area (Å²) in [6, 6.07) is 23.4. The average molecular weight is 556 g/mol. The Morgan fingerprint density at radius 3 is 2.26 bits per heavy atom. The lowest BCUT2D eigenvalue weighted by atomic mass is 9.47. The van der Waals surface area contributed by atoms with Crippen molar-refractivity contribution in [2.24, 2.45) is 16.9 Å². The number of carbonyl (C=O) groups excluding carboxylic acids is 3. The van der Waals surface area contributed by atoms with Gasteiger partial charge in [0.05, 0.1) is 34.2 Å². The van der Waals surface area contributed by atoms with Crippen LogP contribution in [0.2, 0.25) is 10.0 Å². The van der Waals surface area contributed by atoms with Gasteiger partial charge >= 0.3 is 5.91 Å². The van der Waals surface area contributed by atoms with E-state index >= 15 is 0 Å². The summed E-state index contributed by atoms with van der Waals surface area (Å²) in [5, 5.41) is 4.96. The molecule has 1 aliphatic heterocycles. The number of benzene rings is 3. The third kappa shape index (κ3) is 3.23. The Morgan fingerprint density at radius 2 is 1.62 bits per heavy atom. The Morgan fingerprint density at radius 1 is 0.923 bits per heavy atom. The van der Waals surface area contributed by atoms with Crippen LogP contribution in [0.3, 0.4) is 0 Å². The molecule has 3 aromatic carbocycles. The number of amides is 3. The molecule has 192 valence electrons. The van der Waals surface area contributed by atoms with Crippen LogP contribution in [-0.2, 0) is 15.0 Å². The maximum atomic E-state index is 14.3. The summed E-state index contributed by atoms with van der Waals surface area (Å²) >= 11 is 12.6. The van der Waals surface area contributed by atoms with E-state index in [0.717, 1.165) is 22.3 Å². The van der Waals surface area contributed by atoms with Gasteiger partial charge < -0.3 is 4.42 Å². The summed E-state index contributed by atoms with van der Waals surface area (Å²) in [5.41, 5.74) is 5.34. The van der Waals surface area contributed by atoms with Gasteiger partial charge in [-0.25, -0.2) is 10.3 Å². The van der Waals surface area contributed by atoms with Gasteiger partial charge in [0.25, 0.3) is 0 Å². The van der Waals surface area contributed by atoms with Crippen LogP contribution in [0.4, 0.5) is 5.69 Å². The van der Waals surface area contributed by atoms with E-state index in [2.05, 4.69) is 10.5 Å². The molecule has 9 heteroatoms. The number of furan rings is 1. The van der Waals surface area contributed by atoms with Gasteiger partial charge in [0, 0.05) is 17.2 Å². The van der Waals surface area contributed by atoms with Gasteiger partial charge in [-0.15, -0.1) is 0 Å². The van der Waals surface area contributed by atoms with E-state index in [1.165, 1.54) is 23.3 Å². The molecule has 2 bridgehead atoms. The van der Waals surface area contributed by atoms with Gasteiger partial charge in [-0.2, -0.15) is 5.10 Å². The van der Waals surface area contributed by atoms with Gasteiger partial charge in [0.15, 0.2) is 5.76 Å². The lowest BCUT2D eigenvalue weighted by Gasteiger charge is -2.52. The molecule has 8 rings (SSSR count). The third-order valence-electron chi connectivity index (χ3n) is 8.01. The highest BCUT2D eigenvalue weighted by Gasteiger charge is 2.68. The van der Waals surface area contributed by atoms with Crippen LogP contribution in [0.5, 0.6) is 0 Å². The molecule has 3 amide bonds. The van der Waals surface area contributed by atoms with Crippen molar-refractivity contribution in [1.29, 1.82) is 0 Å². The Kier molecular flexibility index (Phi) is 5.30. The molecule has 1 fully saturated rings. The highest BCUT2D eigenvalue weighted by Crippen LogP contribution is 2.63. The first-order valence-corrected chi connectivity index (χ1v) is 13.1. The van der Waals surface area contributed by atoms with E-state index < -0.39 is 23.2 Å². The van der Waals surface area contributed by atoms with Crippen LogP contribution >= 0.6 is 23.2 Å². The van der Waals surface area contributed by atoms with Crippen LogP contribution < -0.4 is 10.3 Å². The van der Waals surface area contributed by atoms with Gasteiger partial charge in [-0.05, 0) is 52.6 Å². The quantitative estimate of drug-likeness (QED) is 0.203. The molecule has 7 nitrogen and oxygen atoms in total. The van der Waals surface area contributed by atoms with E-state index in [1.807, 2.05) is 48.5 Å². The molecule has 2 heterocycles. The van der Waals surface area contributed by atoms with E-state index in [4.69, 9.17) is 27.6 Å². The monoisotopic (exact) mass is 555 g/mol. The zero-order valence-electron chi connectivity index (χ0n) is 20.2. The molecular formula is C30H19Cl2N3O4. The zero-order valence-corrected chi connectivity index (χ0v) is 21.7. The molecule has 2 atom stereocenters. The summed E-state index contributed by atoms with van der Waals surface area (Å²) in [7, 11) is 0. The van der Waals surface area contributed by atoms with Crippen molar-refractivity contribution in [3.05, 3.63) is 123 Å². The number of hydrazone groups is 1. The fraction of sp³-hybridized carbons (Fsp3) is 0.133. The number of hydrogen-bond donors (Lipinski definition) is 1. The van der Waals surface area contributed by atoms with Crippen LogP contribution in [-0.4, -0.2) is 23.9 Å². The van der Waals surface area contributed by atoms with Crippen LogP contribution in [0.15, 0.2) is 94.6 Å². The van der Waals surface area contributed by atoms with Crippen LogP contribution in [0, 0.1) is 11.8 Å². The number of imide groups is 1. The summed E-state index contributed by atoms with van der Waals surface area (Å²) in [6.07, 6.45) is 2.99. The molecule has 3 aliphatic carbocycles. The number of nitrogens with one attached hydrogen (secondary N) is 1. The Labute approximate surface area is 233 Å². The fourth-order valence-corrected chi connectivity index (χ4v) is 7.10. The first kappa shape index (κ1) is 23.9. The second kappa shape index (κ2) is 8.66. The minimum atomic E-state index is -1.12. The fourth-order valence-electron chi connectivity index (χ4n) is 6.61. The molecule has 0 radical (unpaired) electrons. The molecule has 4 aliphatic rings. The number of rotatable bonds is 4. The number of nitrogens with zero attached hydrogens (tertiary/aromatic N) is 2. The van der Waals surface area contributed by atoms with Crippen molar-refractivity contribution >= 4 is 52.8 Å². The second-order valence-corrected chi connectivity index (χ2v) is 10.7. The van der Waals surface area contributed by atoms with Crippen molar-refractivity contribution in [2.75, 3.05) is 4.90 Å². The highest BCUT2D eigenvalue weighted by molar-refractivity contribution is 6.38. The summed E-state index contributed by atoms with van der Waals surface area (Å²) in [6.45, 7) is 0. The van der Waals surface area contributed by atoms with Crippen LogP contribution in [0.25, 0.3) is 0 Å². The van der Waals surface area contributed by atoms with E-state index in [1.54, 1.807) is 24.4 Å². The smallest absolute Gasteiger partial charge is 0.307 e. The lowest BCUT2D eigenvalue weighted by Crippen LogP contribution is -2.54. The summed E-state index contributed by atoms with van der Waals surface area (Å²) in [4.78, 5) is 42.3. The Balaban J connectivity index is 1.43. The average Bonchev–Trinajstić information content (AvgIpc) is 3.57. The van der Waals surface area contributed by atoms with Crippen molar-refractivity contribution in [3.63, 3.8) is 0 Å². The molecule has 1 saturated heterocycles. The minimum Gasteiger partial charge on any atom is -0.459 e. The van der Waals surface area contributed by atoms with Crippen LogP contribution in [0.1, 0.15) is 38.7 Å². The highest BCUT2D eigenvalue weighted by atomic mass is 35.5. The lowest BCUT2D eigenvalue weighted by molar-refractivity contribution is -0.122. The summed E-state index contributed by atoms with van der Waals surface area (Å²) < 4.78 is 5.18. The predicted molar refractivity (Wildman–Crippen MR) is 146 cm³/mol. The van der Waals surface area contributed by atoms with E-state index in [9.17, 15) is 14.4 Å². The molecule has 0 unspecified atom stereocenters. The first-order chi connectivity index (χ1) is 18.9. The normalized spacial score (nSPS) is 24.6. The molecule has 1 N–H and O–H groups in total. The number of halogens is 2. The van der Waals surface area contributed by atoms with E-state index in [-0.39, 0.29) is 34.2 Å². The molecule has 0 spiro atoms. The zero-order chi connectivity index (χ0) is 26.9. The third-order valence-corrected chi connectivity index (χ3v) is 8.55. The van der Waals surface area contributed by atoms with Crippen molar-refractivity contribution in [1.82, 2.24) is 5.43 Å². The van der Waals surface area contributed by atoms with Crippen molar-refractivity contribution < 1.29 is 18.8 Å². The standard InChI is InChI=1S/C30H19Cl2N3O4/c31-16-11-12-22(21(32)14-16)35-28(37)25-24-17-6-1-3-8-19(17)30(26(25)29(35)38,20-9-4-2-7-18(20)24)15-33-34-27(36)23-10-5-13-39-23/h1-15,24-26H,(H,34,36)/b33-15-/t24?,25-,26-,30?/m1/s1. The molecular weight excluding hydrogens is 537 g/mol. The molecule has 1 aromatic heterocycles. The van der Waals surface area contributed by atoms with Crippen molar-refractivity contribution in [3.8, 4) is 0 Å². The number of hydrogen-bond acceptors (Lipinski definition) is 5. The molecule has 4 aromatic rings. The van der Waals surface area contributed by atoms with Gasteiger partial charge in [-0.1, -0.05) is 71.7 Å². The van der Waals surface area contributed by atoms with Gasteiger partial charge in [0.2, 0.25) is 11.8 Å². The maximum absolute atomic E-state index is 14.3. The van der Waals surface area contributed by atoms with Crippen molar-refractivity contribution in [2.45, 2.75) is 11.3 Å².